The lowest BCUT2D eigenvalue weighted by Gasteiger charge is -2.15. The Bertz CT molecular complexity index is 868. The fourth-order valence-corrected chi connectivity index (χ4v) is 2.37. The summed E-state index contributed by atoms with van der Waals surface area (Å²) in [5.41, 5.74) is -1.52. The van der Waals surface area contributed by atoms with Gasteiger partial charge in [-0.05, 0) is 23.8 Å². The van der Waals surface area contributed by atoms with Gasteiger partial charge >= 0.3 is 12.1 Å². The van der Waals surface area contributed by atoms with Gasteiger partial charge in [0.15, 0.2) is 0 Å². The van der Waals surface area contributed by atoms with Crippen LogP contribution in [0.3, 0.4) is 0 Å². The van der Waals surface area contributed by atoms with Gasteiger partial charge < -0.3 is 14.8 Å². The maximum absolute atomic E-state index is 13.2. The van der Waals surface area contributed by atoms with Crippen LogP contribution in [0.1, 0.15) is 21.5 Å². The molecule has 2 aromatic rings. The number of non-ortho nitro benzene ring substituents is 1. The summed E-state index contributed by atoms with van der Waals surface area (Å²) < 4.78 is 49.3. The molecule has 0 fully saturated rings. The average molecular weight is 384 g/mol. The van der Waals surface area contributed by atoms with E-state index >= 15 is 0 Å². The summed E-state index contributed by atoms with van der Waals surface area (Å²) in [6.07, 6.45) is -4.77. The molecule has 0 aliphatic rings. The molecule has 27 heavy (non-hydrogen) atoms. The van der Waals surface area contributed by atoms with Crippen molar-refractivity contribution in [2.75, 3.05) is 19.5 Å². The molecule has 144 valence electrons. The van der Waals surface area contributed by atoms with E-state index in [9.17, 15) is 28.1 Å². The van der Waals surface area contributed by atoms with Gasteiger partial charge in [0.25, 0.3) is 5.69 Å². The van der Waals surface area contributed by atoms with Gasteiger partial charge in [0.2, 0.25) is 0 Å². The third-order valence-corrected chi connectivity index (χ3v) is 3.67. The number of halogens is 3. The van der Waals surface area contributed by atoms with Crippen LogP contribution >= 0.6 is 0 Å². The zero-order valence-corrected chi connectivity index (χ0v) is 14.3. The van der Waals surface area contributed by atoms with E-state index < -0.39 is 28.3 Å². The highest BCUT2D eigenvalue weighted by atomic mass is 19.4. The van der Waals surface area contributed by atoms with Crippen LogP contribution in [0.4, 0.5) is 24.5 Å². The van der Waals surface area contributed by atoms with Crippen molar-refractivity contribution in [3.8, 4) is 5.75 Å². The van der Waals surface area contributed by atoms with Gasteiger partial charge in [-0.1, -0.05) is 6.07 Å². The van der Waals surface area contributed by atoms with Crippen molar-refractivity contribution in [2.24, 2.45) is 0 Å². The Labute approximate surface area is 151 Å². The third-order valence-electron chi connectivity index (χ3n) is 3.67. The number of rotatable bonds is 6. The zero-order chi connectivity index (χ0) is 20.2. The molecule has 0 radical (unpaired) electrons. The summed E-state index contributed by atoms with van der Waals surface area (Å²) in [5, 5.41) is 13.3. The predicted molar refractivity (Wildman–Crippen MR) is 89.8 cm³/mol. The Balaban J connectivity index is 2.31. The number of esters is 1. The van der Waals surface area contributed by atoms with Gasteiger partial charge in [0.1, 0.15) is 11.3 Å². The Kier molecular flexibility index (Phi) is 5.88. The minimum absolute atomic E-state index is 0.0606. The van der Waals surface area contributed by atoms with E-state index in [-0.39, 0.29) is 23.5 Å². The second-order valence-electron chi connectivity index (χ2n) is 5.36. The van der Waals surface area contributed by atoms with Gasteiger partial charge in [0.05, 0.1) is 24.7 Å². The van der Waals surface area contributed by atoms with Gasteiger partial charge in [-0.15, -0.1) is 0 Å². The molecule has 0 amide bonds. The van der Waals surface area contributed by atoms with Gasteiger partial charge in [0, 0.05) is 24.4 Å². The second-order valence-corrected chi connectivity index (χ2v) is 5.36. The molecule has 2 rings (SSSR count). The number of alkyl halides is 3. The fraction of sp³-hybridized carbons (Fsp3) is 0.235. The van der Waals surface area contributed by atoms with Crippen LogP contribution in [0, 0.1) is 10.1 Å². The number of carbonyl (C=O) groups is 1. The van der Waals surface area contributed by atoms with Crippen LogP contribution in [0.2, 0.25) is 0 Å². The first kappa shape index (κ1) is 20.0. The molecule has 0 aliphatic heterocycles. The van der Waals surface area contributed by atoms with Gasteiger partial charge in [-0.2, -0.15) is 13.2 Å². The number of carbonyl (C=O) groups excluding carboxylic acids is 1. The van der Waals surface area contributed by atoms with E-state index in [1.807, 2.05) is 0 Å². The number of nitrogens with one attached hydrogen (secondary N) is 1. The highest BCUT2D eigenvalue weighted by Crippen LogP contribution is 2.37. The van der Waals surface area contributed by atoms with Crippen LogP contribution in [0.25, 0.3) is 0 Å². The number of nitro benzene ring substituents is 1. The summed E-state index contributed by atoms with van der Waals surface area (Å²) in [5.74, 6) is -0.392. The molecule has 10 heteroatoms. The first-order valence-electron chi connectivity index (χ1n) is 7.52. The molecule has 7 nitrogen and oxygen atoms in total. The van der Waals surface area contributed by atoms with Gasteiger partial charge in [-0.3, -0.25) is 10.1 Å². The van der Waals surface area contributed by atoms with E-state index in [0.717, 1.165) is 12.1 Å². The molecule has 0 atom stereocenters. The molecule has 0 aliphatic carbocycles. The molecule has 0 unspecified atom stereocenters. The minimum atomic E-state index is -4.77. The number of hydrogen-bond acceptors (Lipinski definition) is 6. The van der Waals surface area contributed by atoms with Crippen molar-refractivity contribution < 1.29 is 32.4 Å². The Hall–Kier alpha value is -3.30. The molecule has 0 spiro atoms. The highest BCUT2D eigenvalue weighted by Gasteiger charge is 2.35. The summed E-state index contributed by atoms with van der Waals surface area (Å²) in [4.78, 5) is 21.6. The van der Waals surface area contributed by atoms with Crippen molar-refractivity contribution >= 4 is 17.3 Å². The van der Waals surface area contributed by atoms with Crippen molar-refractivity contribution in [3.63, 3.8) is 0 Å². The summed E-state index contributed by atoms with van der Waals surface area (Å²) in [6.45, 7) is -0.0606. The molecule has 0 heterocycles. The van der Waals surface area contributed by atoms with Crippen LogP contribution in [0.5, 0.6) is 5.75 Å². The molecular weight excluding hydrogens is 369 g/mol. The van der Waals surface area contributed by atoms with Crippen molar-refractivity contribution in [1.82, 2.24) is 0 Å². The van der Waals surface area contributed by atoms with Crippen LogP contribution in [0.15, 0.2) is 36.4 Å². The molecule has 0 aromatic heterocycles. The fourth-order valence-electron chi connectivity index (χ4n) is 2.37. The Morgan fingerprint density at radius 2 is 1.89 bits per heavy atom. The normalized spacial score (nSPS) is 11.0. The average Bonchev–Trinajstić information content (AvgIpc) is 2.64. The first-order chi connectivity index (χ1) is 12.7. The lowest BCUT2D eigenvalue weighted by Crippen LogP contribution is -2.12. The largest absolute Gasteiger partial charge is 0.496 e. The van der Waals surface area contributed by atoms with Crippen molar-refractivity contribution in [3.05, 3.63) is 63.2 Å². The SMILES string of the molecule is COC(=O)c1cc(CNc2ccc([N+](=O)[O-])cc2C(F)(F)F)ccc1OC. The maximum atomic E-state index is 13.2. The smallest absolute Gasteiger partial charge is 0.418 e. The Morgan fingerprint density at radius 1 is 1.19 bits per heavy atom. The topological polar surface area (TPSA) is 90.7 Å². The molecular formula is C17H15F3N2O5. The zero-order valence-electron chi connectivity index (χ0n) is 14.3. The maximum Gasteiger partial charge on any atom is 0.418 e. The van der Waals surface area contributed by atoms with Crippen molar-refractivity contribution in [2.45, 2.75) is 12.7 Å². The predicted octanol–water partition coefficient (Wildman–Crippen LogP) is 4.02. The van der Waals surface area contributed by atoms with Gasteiger partial charge in [-0.25, -0.2) is 4.79 Å². The standard InChI is InChI=1S/C17H15F3N2O5/c1-26-15-6-3-10(7-12(15)16(23)27-2)9-21-14-5-4-11(22(24)25)8-13(14)17(18,19)20/h3-8,21H,9H2,1-2H3. The van der Waals surface area contributed by atoms with Crippen LogP contribution < -0.4 is 10.1 Å². The summed E-state index contributed by atoms with van der Waals surface area (Å²) in [7, 11) is 2.56. The quantitative estimate of drug-likeness (QED) is 0.460. The summed E-state index contributed by atoms with van der Waals surface area (Å²) >= 11 is 0. The number of anilines is 1. The first-order valence-corrected chi connectivity index (χ1v) is 7.52. The lowest BCUT2D eigenvalue weighted by molar-refractivity contribution is -0.385. The van der Waals surface area contributed by atoms with E-state index in [0.29, 0.717) is 11.6 Å². The number of methoxy groups -OCH3 is 2. The highest BCUT2D eigenvalue weighted by molar-refractivity contribution is 5.92. The molecule has 0 saturated heterocycles. The lowest BCUT2D eigenvalue weighted by atomic mass is 10.1. The minimum Gasteiger partial charge on any atom is -0.496 e. The monoisotopic (exact) mass is 384 g/mol. The van der Waals surface area contributed by atoms with Crippen molar-refractivity contribution in [1.29, 1.82) is 0 Å². The number of hydrogen-bond donors (Lipinski definition) is 1. The number of benzene rings is 2. The molecule has 2 aromatic carbocycles. The third kappa shape index (κ3) is 4.66. The Morgan fingerprint density at radius 3 is 2.44 bits per heavy atom. The molecule has 0 saturated carbocycles. The van der Waals surface area contributed by atoms with E-state index in [2.05, 4.69) is 10.1 Å². The summed E-state index contributed by atoms with van der Waals surface area (Å²) in [6, 6.07) is 6.92. The van der Waals surface area contributed by atoms with Crippen LogP contribution in [-0.4, -0.2) is 25.1 Å². The van der Waals surface area contributed by atoms with E-state index in [4.69, 9.17) is 4.74 Å². The number of ether oxygens (including phenoxy) is 2. The van der Waals surface area contributed by atoms with E-state index in [1.165, 1.54) is 26.4 Å². The second kappa shape index (κ2) is 7.94. The molecule has 1 N–H and O–H groups in total. The number of nitro groups is 1. The molecule has 0 bridgehead atoms. The number of nitrogens with zero attached hydrogens (tertiary/aromatic N) is 1. The van der Waals surface area contributed by atoms with Crippen LogP contribution in [-0.2, 0) is 17.5 Å². The van der Waals surface area contributed by atoms with E-state index in [1.54, 1.807) is 6.07 Å².